The summed E-state index contributed by atoms with van der Waals surface area (Å²) in [7, 11) is 0. The molecule has 1 aromatic heterocycles. The van der Waals surface area contributed by atoms with Gasteiger partial charge in [0.15, 0.2) is 0 Å². The molecule has 0 saturated carbocycles. The zero-order valence-electron chi connectivity index (χ0n) is 16.7. The normalized spacial score (nSPS) is 11.9. The van der Waals surface area contributed by atoms with E-state index in [0.717, 1.165) is 11.3 Å². The summed E-state index contributed by atoms with van der Waals surface area (Å²) in [5.74, 6) is -1.66. The van der Waals surface area contributed by atoms with E-state index in [1.54, 1.807) is 18.2 Å². The van der Waals surface area contributed by atoms with Crippen molar-refractivity contribution < 1.29 is 14.7 Å². The van der Waals surface area contributed by atoms with Crippen LogP contribution in [0, 0.1) is 0 Å². The molecule has 3 aromatic rings. The number of nitrogens with one attached hydrogen (secondary N) is 1. The summed E-state index contributed by atoms with van der Waals surface area (Å²) in [5, 5.41) is 12.1. The summed E-state index contributed by atoms with van der Waals surface area (Å²) in [6.45, 7) is 6.28. The van der Waals surface area contributed by atoms with Crippen LogP contribution in [0.1, 0.15) is 42.4 Å². The highest BCUT2D eigenvalue weighted by Crippen LogP contribution is 2.22. The first-order chi connectivity index (χ1) is 13.8. The van der Waals surface area contributed by atoms with Crippen molar-refractivity contribution in [2.24, 2.45) is 0 Å². The Bertz CT molecular complexity index is 1040. The zero-order chi connectivity index (χ0) is 21.0. The van der Waals surface area contributed by atoms with Gasteiger partial charge < -0.3 is 15.0 Å². The lowest BCUT2D eigenvalue weighted by molar-refractivity contribution is -0.132. The fourth-order valence-corrected chi connectivity index (χ4v) is 2.95. The number of carbonyl (C=O) groups excluding carboxylic acids is 1. The molecule has 2 N–H and O–H groups in total. The highest BCUT2D eigenvalue weighted by molar-refractivity contribution is 6.02. The molecule has 0 radical (unpaired) electrons. The molecule has 0 bridgehead atoms. The van der Waals surface area contributed by atoms with Gasteiger partial charge in [-0.15, -0.1) is 0 Å². The molecule has 0 atom stereocenters. The molecule has 2 aromatic carbocycles. The lowest BCUT2D eigenvalue weighted by atomic mass is 9.87. The minimum atomic E-state index is -1.20. The quantitative estimate of drug-likeness (QED) is 0.626. The summed E-state index contributed by atoms with van der Waals surface area (Å²) >= 11 is 0. The SMILES string of the molecule is CC(C)(C)c1ccc(C(=O)NC(=Cc2cccn2-c2ccccc2)C(=O)O)cc1. The molecular weight excluding hydrogens is 364 g/mol. The van der Waals surface area contributed by atoms with Crippen LogP contribution in [0.15, 0.2) is 78.6 Å². The first kappa shape index (κ1) is 20.1. The van der Waals surface area contributed by atoms with Crippen LogP contribution in [-0.4, -0.2) is 21.6 Å². The van der Waals surface area contributed by atoms with Crippen molar-refractivity contribution in [1.82, 2.24) is 9.88 Å². The minimum Gasteiger partial charge on any atom is -0.477 e. The van der Waals surface area contributed by atoms with Crippen molar-refractivity contribution in [2.75, 3.05) is 0 Å². The van der Waals surface area contributed by atoms with Gasteiger partial charge in [0.05, 0.1) is 0 Å². The Labute approximate surface area is 170 Å². The molecule has 0 spiro atoms. The molecule has 0 unspecified atom stereocenters. The maximum absolute atomic E-state index is 12.6. The molecule has 1 amide bonds. The summed E-state index contributed by atoms with van der Waals surface area (Å²) in [4.78, 5) is 24.3. The van der Waals surface area contributed by atoms with Gasteiger partial charge in [-0.1, -0.05) is 51.1 Å². The maximum atomic E-state index is 12.6. The van der Waals surface area contributed by atoms with Crippen LogP contribution in [0.3, 0.4) is 0 Å². The Kier molecular flexibility index (Phi) is 5.69. The standard InChI is InChI=1S/C24H24N2O3/c1-24(2,3)18-13-11-17(12-14-18)22(27)25-21(23(28)29)16-20-10-7-15-26(20)19-8-5-4-6-9-19/h4-16H,1-3H3,(H,25,27)(H,28,29). The lowest BCUT2D eigenvalue weighted by Crippen LogP contribution is -2.27. The highest BCUT2D eigenvalue weighted by Gasteiger charge is 2.17. The van der Waals surface area contributed by atoms with E-state index in [4.69, 9.17) is 0 Å². The van der Waals surface area contributed by atoms with Crippen LogP contribution in [-0.2, 0) is 10.2 Å². The number of carboxylic acids is 1. The van der Waals surface area contributed by atoms with Gasteiger partial charge in [-0.05, 0) is 53.5 Å². The van der Waals surface area contributed by atoms with Gasteiger partial charge >= 0.3 is 5.97 Å². The molecular formula is C24H24N2O3. The number of carboxylic acid groups (broad SMARTS) is 1. The second-order valence-electron chi connectivity index (χ2n) is 7.78. The van der Waals surface area contributed by atoms with Crippen LogP contribution in [0.5, 0.6) is 0 Å². The summed E-state index contributed by atoms with van der Waals surface area (Å²) < 4.78 is 1.85. The maximum Gasteiger partial charge on any atom is 0.352 e. The number of rotatable bonds is 5. The second-order valence-corrected chi connectivity index (χ2v) is 7.78. The molecule has 0 aliphatic heterocycles. The number of para-hydroxylation sites is 1. The molecule has 1 heterocycles. The van der Waals surface area contributed by atoms with Crippen molar-refractivity contribution in [3.8, 4) is 5.69 Å². The average Bonchev–Trinajstić information content (AvgIpc) is 3.15. The van der Waals surface area contributed by atoms with E-state index < -0.39 is 11.9 Å². The minimum absolute atomic E-state index is 0.0238. The fraction of sp³-hybridized carbons (Fsp3) is 0.167. The molecule has 0 fully saturated rings. The van der Waals surface area contributed by atoms with E-state index >= 15 is 0 Å². The average molecular weight is 388 g/mol. The summed E-state index contributed by atoms with van der Waals surface area (Å²) in [6.07, 6.45) is 3.30. The Balaban J connectivity index is 1.86. The molecule has 148 valence electrons. The Hall–Kier alpha value is -3.60. The van der Waals surface area contributed by atoms with Gasteiger partial charge in [0.2, 0.25) is 0 Å². The van der Waals surface area contributed by atoms with E-state index in [0.29, 0.717) is 11.3 Å². The summed E-state index contributed by atoms with van der Waals surface area (Å²) in [6, 6.07) is 20.4. The van der Waals surface area contributed by atoms with Gasteiger partial charge in [-0.25, -0.2) is 4.79 Å². The third kappa shape index (κ3) is 4.82. The van der Waals surface area contributed by atoms with Crippen LogP contribution < -0.4 is 5.32 Å². The molecule has 0 aliphatic carbocycles. The van der Waals surface area contributed by atoms with Gasteiger partial charge in [0.1, 0.15) is 5.70 Å². The predicted octanol–water partition coefficient (Wildman–Crippen LogP) is 4.63. The third-order valence-electron chi connectivity index (χ3n) is 4.60. The fourth-order valence-electron chi connectivity index (χ4n) is 2.95. The second kappa shape index (κ2) is 8.19. The first-order valence-corrected chi connectivity index (χ1v) is 9.35. The lowest BCUT2D eigenvalue weighted by Gasteiger charge is -2.19. The van der Waals surface area contributed by atoms with Gasteiger partial charge in [-0.2, -0.15) is 0 Å². The molecule has 5 nitrogen and oxygen atoms in total. The number of amides is 1. The van der Waals surface area contributed by atoms with E-state index in [9.17, 15) is 14.7 Å². The smallest absolute Gasteiger partial charge is 0.352 e. The van der Waals surface area contributed by atoms with Crippen molar-refractivity contribution >= 4 is 18.0 Å². The number of aliphatic carboxylic acids is 1. The van der Waals surface area contributed by atoms with Gasteiger partial charge in [-0.3, -0.25) is 4.79 Å². The van der Waals surface area contributed by atoms with E-state index in [1.165, 1.54) is 6.08 Å². The topological polar surface area (TPSA) is 71.3 Å². The van der Waals surface area contributed by atoms with Crippen molar-refractivity contribution in [2.45, 2.75) is 26.2 Å². The van der Waals surface area contributed by atoms with E-state index in [1.807, 2.05) is 59.3 Å². The van der Waals surface area contributed by atoms with Crippen molar-refractivity contribution in [1.29, 1.82) is 0 Å². The molecule has 29 heavy (non-hydrogen) atoms. The van der Waals surface area contributed by atoms with Crippen molar-refractivity contribution in [3.05, 3.63) is 95.4 Å². The Morgan fingerprint density at radius 3 is 2.17 bits per heavy atom. The van der Waals surface area contributed by atoms with Crippen LogP contribution in [0.2, 0.25) is 0 Å². The number of benzene rings is 2. The monoisotopic (exact) mass is 388 g/mol. The number of hydrogen-bond donors (Lipinski definition) is 2. The molecule has 5 heteroatoms. The third-order valence-corrected chi connectivity index (χ3v) is 4.60. The number of hydrogen-bond acceptors (Lipinski definition) is 2. The predicted molar refractivity (Wildman–Crippen MR) is 114 cm³/mol. The number of nitrogens with zero attached hydrogens (tertiary/aromatic N) is 1. The largest absolute Gasteiger partial charge is 0.477 e. The molecule has 3 rings (SSSR count). The number of carbonyl (C=O) groups is 2. The summed E-state index contributed by atoms with van der Waals surface area (Å²) in [5.41, 5.74) is 2.84. The molecule has 0 aliphatic rings. The van der Waals surface area contributed by atoms with Gasteiger partial charge in [0, 0.05) is 23.1 Å². The van der Waals surface area contributed by atoms with Crippen LogP contribution in [0.4, 0.5) is 0 Å². The first-order valence-electron chi connectivity index (χ1n) is 9.35. The number of aromatic nitrogens is 1. The van der Waals surface area contributed by atoms with E-state index in [2.05, 4.69) is 26.1 Å². The van der Waals surface area contributed by atoms with Crippen LogP contribution >= 0.6 is 0 Å². The Morgan fingerprint density at radius 2 is 1.59 bits per heavy atom. The van der Waals surface area contributed by atoms with E-state index in [-0.39, 0.29) is 11.1 Å². The Morgan fingerprint density at radius 1 is 0.931 bits per heavy atom. The molecule has 0 saturated heterocycles. The highest BCUT2D eigenvalue weighted by atomic mass is 16.4. The van der Waals surface area contributed by atoms with Crippen LogP contribution in [0.25, 0.3) is 11.8 Å². The van der Waals surface area contributed by atoms with Crippen molar-refractivity contribution in [3.63, 3.8) is 0 Å². The zero-order valence-corrected chi connectivity index (χ0v) is 16.7. The van der Waals surface area contributed by atoms with Gasteiger partial charge in [0.25, 0.3) is 5.91 Å².